The van der Waals surface area contributed by atoms with E-state index in [1.54, 1.807) is 0 Å². The molecule has 1 aromatic heterocycles. The SMILES string of the molecule is C=C1CCC2[C@](C)(CC[C@H]3OC(c4ccc(OCc5cn(CCCCC)nn5)cc4)OC[C@@]23C)[C@@H]1C/C=C1/C(=O)OC[C@H]1O. The maximum absolute atomic E-state index is 12.1. The lowest BCUT2D eigenvalue weighted by Crippen LogP contribution is -2.60. The highest BCUT2D eigenvalue weighted by atomic mass is 16.7. The van der Waals surface area contributed by atoms with Gasteiger partial charge in [-0.25, -0.2) is 4.79 Å². The van der Waals surface area contributed by atoms with Crippen LogP contribution < -0.4 is 4.74 Å². The molecule has 0 bridgehead atoms. The number of hydrogen-bond donors (Lipinski definition) is 1. The van der Waals surface area contributed by atoms with E-state index in [2.05, 4.69) is 37.7 Å². The van der Waals surface area contributed by atoms with Crippen LogP contribution in [0.4, 0.5) is 0 Å². The van der Waals surface area contributed by atoms with E-state index in [1.807, 2.05) is 41.2 Å². The Morgan fingerprint density at radius 2 is 2.00 bits per heavy atom. The molecular weight excluding hydrogens is 558 g/mol. The lowest BCUT2D eigenvalue weighted by atomic mass is 9.46. The Balaban J connectivity index is 1.07. The third-order valence-corrected chi connectivity index (χ3v) is 10.8. The lowest BCUT2D eigenvalue weighted by Gasteiger charge is -2.62. The van der Waals surface area contributed by atoms with E-state index in [0.717, 1.165) is 55.7 Å². The minimum absolute atomic E-state index is 0.00447. The smallest absolute Gasteiger partial charge is 0.336 e. The molecule has 1 N–H and O–H groups in total. The molecule has 4 fully saturated rings. The Bertz CT molecular complexity index is 1370. The number of aryl methyl sites for hydroxylation is 1. The molecule has 2 aromatic rings. The van der Waals surface area contributed by atoms with E-state index in [-0.39, 0.29) is 29.5 Å². The minimum atomic E-state index is -0.837. The summed E-state index contributed by atoms with van der Waals surface area (Å²) in [7, 11) is 0. The van der Waals surface area contributed by atoms with E-state index >= 15 is 0 Å². The van der Waals surface area contributed by atoms with Crippen molar-refractivity contribution in [1.82, 2.24) is 15.0 Å². The first-order valence-electron chi connectivity index (χ1n) is 16.3. The van der Waals surface area contributed by atoms with Gasteiger partial charge in [-0.05, 0) is 67.9 Å². The molecule has 2 aliphatic carbocycles. The summed E-state index contributed by atoms with van der Waals surface area (Å²) in [6.07, 6.45) is 10.8. The molecule has 9 heteroatoms. The largest absolute Gasteiger partial charge is 0.487 e. The van der Waals surface area contributed by atoms with Crippen LogP contribution >= 0.6 is 0 Å². The van der Waals surface area contributed by atoms with Crippen molar-refractivity contribution in [2.45, 2.75) is 104 Å². The molecule has 9 nitrogen and oxygen atoms in total. The molecule has 0 spiro atoms. The fourth-order valence-corrected chi connectivity index (χ4v) is 8.29. The number of nitrogens with zero attached hydrogens (tertiary/aromatic N) is 3. The van der Waals surface area contributed by atoms with Crippen LogP contribution in [-0.4, -0.2) is 51.5 Å². The van der Waals surface area contributed by atoms with Crippen LogP contribution in [0.2, 0.25) is 0 Å². The van der Waals surface area contributed by atoms with Gasteiger partial charge in [0.2, 0.25) is 0 Å². The summed E-state index contributed by atoms with van der Waals surface area (Å²) in [6.45, 7) is 13.3. The highest BCUT2D eigenvalue weighted by Crippen LogP contribution is 2.64. The first-order valence-corrected chi connectivity index (χ1v) is 16.3. The van der Waals surface area contributed by atoms with Gasteiger partial charge < -0.3 is 24.1 Å². The van der Waals surface area contributed by atoms with Crippen LogP contribution in [-0.2, 0) is 32.2 Å². The van der Waals surface area contributed by atoms with Gasteiger partial charge in [0.1, 0.15) is 30.8 Å². The Morgan fingerprint density at radius 1 is 1.18 bits per heavy atom. The number of ether oxygens (including phenoxy) is 4. The average molecular weight is 606 g/mol. The Morgan fingerprint density at radius 3 is 2.75 bits per heavy atom. The Hall–Kier alpha value is -3.01. The quantitative estimate of drug-likeness (QED) is 0.150. The van der Waals surface area contributed by atoms with Gasteiger partial charge >= 0.3 is 5.97 Å². The summed E-state index contributed by atoms with van der Waals surface area (Å²) < 4.78 is 26.1. The van der Waals surface area contributed by atoms with Gasteiger partial charge in [-0.1, -0.05) is 69.2 Å². The summed E-state index contributed by atoms with van der Waals surface area (Å²) in [4.78, 5) is 12.1. The number of benzene rings is 1. The molecule has 0 radical (unpaired) electrons. The number of unbranched alkanes of at least 4 members (excludes halogenated alkanes) is 2. The molecule has 6 rings (SSSR count). The molecule has 2 aliphatic heterocycles. The fraction of sp³-hybridized carbons (Fsp3) is 0.629. The number of aromatic nitrogens is 3. The third kappa shape index (κ3) is 5.98. The van der Waals surface area contributed by atoms with E-state index in [1.165, 1.54) is 18.4 Å². The zero-order chi connectivity index (χ0) is 30.9. The standard InChI is InChI=1S/C35H47N3O6/c1-5-6-7-18-38-19-25(36-37-38)20-41-26-11-9-24(10-12-26)33-43-22-35(4)30-15-8-23(2)28(34(30,3)17-16-31(35)44-33)14-13-27-29(39)21-42-32(27)40/h9-13,19,28-31,33,39H,2,5-8,14-18,20-22H2,1,3-4H3/b27-13+/t28-,29-,30?,31-,33?,34-,35+/m1/s1. The predicted molar refractivity (Wildman–Crippen MR) is 164 cm³/mol. The number of aliphatic hydroxyl groups is 1. The van der Waals surface area contributed by atoms with Gasteiger partial charge in [0, 0.05) is 17.5 Å². The number of cyclic esters (lactones) is 1. The molecule has 2 saturated carbocycles. The third-order valence-electron chi connectivity index (χ3n) is 10.8. The summed E-state index contributed by atoms with van der Waals surface area (Å²) in [5.74, 6) is 0.982. The van der Waals surface area contributed by atoms with Gasteiger partial charge in [-0.15, -0.1) is 5.10 Å². The number of aliphatic hydroxyl groups excluding tert-OH is 1. The van der Waals surface area contributed by atoms with Crippen molar-refractivity contribution in [2.75, 3.05) is 13.2 Å². The maximum atomic E-state index is 12.1. The van der Waals surface area contributed by atoms with E-state index in [4.69, 9.17) is 18.9 Å². The highest BCUT2D eigenvalue weighted by Gasteiger charge is 2.60. The minimum Gasteiger partial charge on any atom is -0.487 e. The predicted octanol–water partition coefficient (Wildman–Crippen LogP) is 6.08. The van der Waals surface area contributed by atoms with Crippen LogP contribution in [0, 0.1) is 22.7 Å². The summed E-state index contributed by atoms with van der Waals surface area (Å²) >= 11 is 0. The highest BCUT2D eigenvalue weighted by molar-refractivity contribution is 5.91. The van der Waals surface area contributed by atoms with Crippen LogP contribution in [0.3, 0.4) is 0 Å². The second kappa shape index (κ2) is 12.8. The Kier molecular flexibility index (Phi) is 9.00. The normalized spacial score (nSPS) is 34.5. The molecule has 44 heavy (non-hydrogen) atoms. The molecule has 3 heterocycles. The van der Waals surface area contributed by atoms with Crippen LogP contribution in [0.1, 0.15) is 89.7 Å². The number of fused-ring (bicyclic) bond motifs is 3. The summed E-state index contributed by atoms with van der Waals surface area (Å²) in [5, 5.41) is 18.6. The number of esters is 1. The van der Waals surface area contributed by atoms with Crippen molar-refractivity contribution in [3.63, 3.8) is 0 Å². The number of rotatable bonds is 10. The molecule has 4 aliphatic rings. The van der Waals surface area contributed by atoms with E-state index in [0.29, 0.717) is 31.1 Å². The van der Waals surface area contributed by atoms with E-state index < -0.39 is 18.4 Å². The van der Waals surface area contributed by atoms with E-state index in [9.17, 15) is 9.90 Å². The van der Waals surface area contributed by atoms with Crippen molar-refractivity contribution in [2.24, 2.45) is 22.7 Å². The molecule has 2 saturated heterocycles. The van der Waals surface area contributed by atoms with Crippen LogP contribution in [0.25, 0.3) is 0 Å². The number of carbonyl (C=O) groups excluding carboxylic acids is 1. The first kappa shape index (κ1) is 31.0. The van der Waals surface area contributed by atoms with Crippen molar-refractivity contribution in [1.29, 1.82) is 0 Å². The second-order valence-electron chi connectivity index (χ2n) is 13.7. The average Bonchev–Trinajstić information content (AvgIpc) is 3.60. The number of carbonyl (C=O) groups is 1. The zero-order valence-electron chi connectivity index (χ0n) is 26.4. The Labute approximate surface area is 260 Å². The van der Waals surface area contributed by atoms with Crippen molar-refractivity contribution >= 4 is 5.97 Å². The zero-order valence-corrected chi connectivity index (χ0v) is 26.4. The van der Waals surface area contributed by atoms with Crippen molar-refractivity contribution < 1.29 is 28.8 Å². The summed E-state index contributed by atoms with van der Waals surface area (Å²) in [6, 6.07) is 7.96. The lowest BCUT2D eigenvalue weighted by molar-refractivity contribution is -0.307. The van der Waals surface area contributed by atoms with Gasteiger partial charge in [-0.3, -0.25) is 4.68 Å². The van der Waals surface area contributed by atoms with Gasteiger partial charge in [-0.2, -0.15) is 0 Å². The monoisotopic (exact) mass is 605 g/mol. The first-order chi connectivity index (χ1) is 21.2. The summed E-state index contributed by atoms with van der Waals surface area (Å²) in [5.41, 5.74) is 3.30. The van der Waals surface area contributed by atoms with Gasteiger partial charge in [0.25, 0.3) is 0 Å². The molecule has 2 unspecified atom stereocenters. The molecule has 7 atom stereocenters. The molecule has 238 valence electrons. The van der Waals surface area contributed by atoms with Crippen molar-refractivity contribution in [3.05, 3.63) is 65.5 Å². The fourth-order valence-electron chi connectivity index (χ4n) is 8.29. The maximum Gasteiger partial charge on any atom is 0.336 e. The number of hydrogen-bond acceptors (Lipinski definition) is 8. The van der Waals surface area contributed by atoms with Crippen molar-refractivity contribution in [3.8, 4) is 5.75 Å². The molecule has 1 aromatic carbocycles. The van der Waals surface area contributed by atoms with Crippen LogP contribution in [0.15, 0.2) is 54.3 Å². The topological polar surface area (TPSA) is 105 Å². The van der Waals surface area contributed by atoms with Gasteiger partial charge in [0.15, 0.2) is 6.29 Å². The number of allylic oxidation sites excluding steroid dienone is 2. The second-order valence-corrected chi connectivity index (χ2v) is 13.7. The molecular formula is C35H47N3O6. The van der Waals surface area contributed by atoms with Gasteiger partial charge in [0.05, 0.1) is 24.5 Å². The molecule has 0 amide bonds. The van der Waals surface area contributed by atoms with Crippen LogP contribution in [0.5, 0.6) is 5.75 Å².